The zero-order valence-electron chi connectivity index (χ0n) is 25.8. The summed E-state index contributed by atoms with van der Waals surface area (Å²) >= 11 is 0. The second-order valence-electron chi connectivity index (χ2n) is 12.5. The predicted molar refractivity (Wildman–Crippen MR) is 163 cm³/mol. The Kier molecular flexibility index (Phi) is 10.0. The molecule has 5 heterocycles. The quantitative estimate of drug-likeness (QED) is 0.307. The Labute approximate surface area is 254 Å². The molecule has 11 heteroatoms. The number of amides is 2. The second-order valence-corrected chi connectivity index (χ2v) is 12.5. The second kappa shape index (κ2) is 13.7. The van der Waals surface area contributed by atoms with E-state index >= 15 is 4.39 Å². The number of allylic oxidation sites excluding steroid dienone is 3. The van der Waals surface area contributed by atoms with Crippen LogP contribution in [0.3, 0.4) is 0 Å². The number of carbonyl (C=O) groups is 2. The Bertz CT molecular complexity index is 1220. The summed E-state index contributed by atoms with van der Waals surface area (Å²) in [5.41, 5.74) is 9.44. The van der Waals surface area contributed by atoms with E-state index in [9.17, 15) is 14.0 Å². The van der Waals surface area contributed by atoms with E-state index in [2.05, 4.69) is 22.6 Å². The first-order chi connectivity index (χ1) is 20.7. The van der Waals surface area contributed by atoms with E-state index in [1.54, 1.807) is 10.8 Å². The van der Waals surface area contributed by atoms with E-state index in [1.165, 1.54) is 6.21 Å². The molecule has 236 valence electrons. The lowest BCUT2D eigenvalue weighted by Crippen LogP contribution is -2.52. The number of rotatable bonds is 7. The fourth-order valence-corrected chi connectivity index (χ4v) is 6.77. The zero-order valence-corrected chi connectivity index (χ0v) is 25.8. The normalized spacial score (nSPS) is 30.6. The van der Waals surface area contributed by atoms with Crippen molar-refractivity contribution < 1.29 is 22.9 Å². The minimum atomic E-state index is -1.21. The Balaban J connectivity index is 1.33. The Morgan fingerprint density at radius 3 is 2.60 bits per heavy atom. The summed E-state index contributed by atoms with van der Waals surface area (Å²) in [6.07, 6.45) is 9.80. The van der Waals surface area contributed by atoms with Crippen molar-refractivity contribution in [2.75, 3.05) is 46.3 Å². The molecule has 0 spiro atoms. The Morgan fingerprint density at radius 2 is 1.93 bits per heavy atom. The molecule has 5 aliphatic rings. The van der Waals surface area contributed by atoms with Gasteiger partial charge in [-0.25, -0.2) is 8.78 Å². The number of halogens is 2. The molecule has 43 heavy (non-hydrogen) atoms. The fraction of sp³-hybridized carbons (Fsp3) is 0.656. The number of hydrogen-bond acceptors (Lipinski definition) is 6. The highest BCUT2D eigenvalue weighted by Crippen LogP contribution is 2.35. The van der Waals surface area contributed by atoms with Gasteiger partial charge in [0.15, 0.2) is 18.3 Å². The van der Waals surface area contributed by atoms with Crippen molar-refractivity contribution in [1.29, 1.82) is 0 Å². The molecule has 9 nitrogen and oxygen atoms in total. The van der Waals surface area contributed by atoms with Crippen LogP contribution in [0.15, 0.2) is 47.2 Å². The van der Waals surface area contributed by atoms with Crippen LogP contribution in [0.1, 0.15) is 52.4 Å². The molecular weight excluding hydrogens is 552 g/mol. The summed E-state index contributed by atoms with van der Waals surface area (Å²) in [6.45, 7) is 7.68. The molecule has 0 radical (unpaired) electrons. The maximum atomic E-state index is 15.9. The van der Waals surface area contributed by atoms with E-state index in [4.69, 9.17) is 5.73 Å². The standard InChI is InChI=1S/C32H47F2N7O2/c1-4-6-24-8-7-23(33)17-41-20-27(41)29(30(35)36-24)31(42)37-26-19-39(5-2)18-25(34)28(26)21-11-15-40(16-12-21)32(43)22-9-13-38(3)14-10-22/h8,11,17,19-20,22-23,25,28-30,36H,4-7,9-10,12-16,18,35H2,1-3H3/p+1. The molecule has 1 fully saturated rings. The van der Waals surface area contributed by atoms with Crippen LogP contribution in [0, 0.1) is 17.8 Å². The molecule has 0 aliphatic carbocycles. The van der Waals surface area contributed by atoms with Crippen LogP contribution in [0.25, 0.3) is 0 Å². The lowest BCUT2D eigenvalue weighted by Gasteiger charge is -2.39. The van der Waals surface area contributed by atoms with E-state index in [1.807, 2.05) is 42.0 Å². The van der Waals surface area contributed by atoms with Crippen LogP contribution in [-0.2, 0) is 9.59 Å². The number of alkyl halides is 2. The number of likely N-dealkylation sites (tertiary alicyclic amines) is 1. The highest BCUT2D eigenvalue weighted by atomic mass is 19.1. The van der Waals surface area contributed by atoms with Crippen LogP contribution in [0.4, 0.5) is 8.78 Å². The van der Waals surface area contributed by atoms with E-state index in [-0.39, 0.29) is 30.7 Å². The molecular formula is C32H48F2N7O2+. The van der Waals surface area contributed by atoms with Gasteiger partial charge in [0.25, 0.3) is 5.70 Å². The van der Waals surface area contributed by atoms with Crippen LogP contribution in [0.5, 0.6) is 0 Å². The van der Waals surface area contributed by atoms with Gasteiger partial charge in [0.2, 0.25) is 18.0 Å². The average Bonchev–Trinajstić information content (AvgIpc) is 3.73. The van der Waals surface area contributed by atoms with Gasteiger partial charge in [0.05, 0.1) is 12.1 Å². The third-order valence-corrected chi connectivity index (χ3v) is 9.37. The summed E-state index contributed by atoms with van der Waals surface area (Å²) in [5.74, 6) is -1.52. The van der Waals surface area contributed by atoms with Gasteiger partial charge >= 0.3 is 0 Å². The van der Waals surface area contributed by atoms with Crippen LogP contribution >= 0.6 is 0 Å². The van der Waals surface area contributed by atoms with E-state index in [0.717, 1.165) is 43.6 Å². The zero-order chi connectivity index (χ0) is 30.7. The molecule has 0 aromatic rings. The van der Waals surface area contributed by atoms with Crippen molar-refractivity contribution in [1.82, 2.24) is 25.3 Å². The van der Waals surface area contributed by atoms with Crippen molar-refractivity contribution in [2.24, 2.45) is 23.5 Å². The smallest absolute Gasteiger partial charge is 0.267 e. The number of fused-ring (bicyclic) bond motifs is 1. The highest BCUT2D eigenvalue weighted by molar-refractivity contribution is 5.84. The SMILES string of the molecule is CCCC1=CCC(F)C=[N+]2C=C2C(C(=O)NC2=CN(CC)CC(F)C2C2=CCN(C(=O)C3CCN(C)CC3)CC2)C(N)N1. The topological polar surface area (TPSA) is 97.0 Å². The average molecular weight is 601 g/mol. The van der Waals surface area contributed by atoms with Crippen molar-refractivity contribution in [3.05, 3.63) is 47.2 Å². The molecule has 5 rings (SSSR count). The van der Waals surface area contributed by atoms with Crippen LogP contribution in [-0.4, -0.2) is 102 Å². The molecule has 5 aliphatic heterocycles. The number of piperidine rings is 1. The van der Waals surface area contributed by atoms with Crippen molar-refractivity contribution in [3.8, 4) is 0 Å². The van der Waals surface area contributed by atoms with Crippen molar-refractivity contribution in [3.63, 3.8) is 0 Å². The minimum Gasteiger partial charge on any atom is -0.373 e. The van der Waals surface area contributed by atoms with Gasteiger partial charge in [-0.15, -0.1) is 0 Å². The first-order valence-corrected chi connectivity index (χ1v) is 16.0. The van der Waals surface area contributed by atoms with Crippen LogP contribution < -0.4 is 16.4 Å². The minimum absolute atomic E-state index is 0.0478. The molecule has 0 bridgehead atoms. The number of nitrogens with zero attached hydrogens (tertiary/aromatic N) is 4. The fourth-order valence-electron chi connectivity index (χ4n) is 6.77. The predicted octanol–water partition coefficient (Wildman–Crippen LogP) is 2.59. The van der Waals surface area contributed by atoms with Crippen molar-refractivity contribution in [2.45, 2.75) is 70.9 Å². The third kappa shape index (κ3) is 7.37. The monoisotopic (exact) mass is 600 g/mol. The number of nitrogens with one attached hydrogen (secondary N) is 2. The van der Waals surface area contributed by atoms with Gasteiger partial charge < -0.3 is 31.1 Å². The van der Waals surface area contributed by atoms with E-state index in [0.29, 0.717) is 43.9 Å². The summed E-state index contributed by atoms with van der Waals surface area (Å²) in [5, 5.41) is 6.31. The molecule has 4 N–H and O–H groups in total. The molecule has 0 aromatic heterocycles. The van der Waals surface area contributed by atoms with Gasteiger partial charge in [0, 0.05) is 56.1 Å². The Hall–Kier alpha value is -3.05. The Morgan fingerprint density at radius 1 is 1.16 bits per heavy atom. The van der Waals surface area contributed by atoms with Crippen LogP contribution in [0.2, 0.25) is 0 Å². The number of carbonyl (C=O) groups excluding carboxylic acids is 2. The van der Waals surface area contributed by atoms with Crippen molar-refractivity contribution >= 4 is 18.0 Å². The highest BCUT2D eigenvalue weighted by Gasteiger charge is 2.47. The van der Waals surface area contributed by atoms with Gasteiger partial charge in [-0.1, -0.05) is 31.1 Å². The molecule has 5 atom stereocenters. The first-order valence-electron chi connectivity index (χ1n) is 16.0. The number of nitrogens with two attached hydrogens (primary N) is 1. The van der Waals surface area contributed by atoms with Gasteiger partial charge in [-0.2, -0.15) is 4.58 Å². The largest absolute Gasteiger partial charge is 0.373 e. The lowest BCUT2D eigenvalue weighted by molar-refractivity contribution is -0.313. The van der Waals surface area contributed by atoms with E-state index < -0.39 is 30.3 Å². The summed E-state index contributed by atoms with van der Waals surface area (Å²) in [7, 11) is 2.08. The summed E-state index contributed by atoms with van der Waals surface area (Å²) < 4.78 is 32.1. The van der Waals surface area contributed by atoms with Gasteiger partial charge in [-0.3, -0.25) is 9.59 Å². The number of hydrogen-bond donors (Lipinski definition) is 3. The molecule has 5 unspecified atom stereocenters. The van der Waals surface area contributed by atoms with Gasteiger partial charge in [0.1, 0.15) is 6.17 Å². The maximum absolute atomic E-state index is 15.9. The third-order valence-electron chi connectivity index (χ3n) is 9.37. The maximum Gasteiger partial charge on any atom is 0.267 e. The summed E-state index contributed by atoms with van der Waals surface area (Å²) in [4.78, 5) is 33.1. The van der Waals surface area contributed by atoms with Gasteiger partial charge in [-0.05, 0) is 52.7 Å². The first kappa shape index (κ1) is 31.4. The summed E-state index contributed by atoms with van der Waals surface area (Å²) in [6, 6.07) is 0. The molecule has 1 saturated heterocycles. The molecule has 2 amide bonds. The molecule has 0 aromatic carbocycles. The lowest BCUT2D eigenvalue weighted by atomic mass is 9.84. The molecule has 0 saturated carbocycles.